The molecule has 2 nitrogen and oxygen atoms in total. The molecule has 0 unspecified atom stereocenters. The van der Waals surface area contributed by atoms with Gasteiger partial charge in [0.25, 0.3) is 0 Å². The highest BCUT2D eigenvalue weighted by Gasteiger charge is 2.12. The fourth-order valence-electron chi connectivity index (χ4n) is 1.29. The molecule has 0 N–H and O–H groups in total. The molecule has 0 atom stereocenters. The fraction of sp³-hybridized carbons (Fsp3) is 0.0909. The number of aromatic nitrogens is 1. The number of rotatable bonds is 2. The van der Waals surface area contributed by atoms with Gasteiger partial charge in [-0.2, -0.15) is 5.26 Å². The Hall–Kier alpha value is -1.25. The van der Waals surface area contributed by atoms with Crippen molar-refractivity contribution in [2.75, 3.05) is 0 Å². The minimum absolute atomic E-state index is 0.253. The van der Waals surface area contributed by atoms with Crippen LogP contribution in [0.25, 0.3) is 10.6 Å². The summed E-state index contributed by atoms with van der Waals surface area (Å²) in [7, 11) is 0. The second-order valence-electron chi connectivity index (χ2n) is 3.08. The van der Waals surface area contributed by atoms with Crippen LogP contribution < -0.4 is 0 Å². The predicted octanol–water partition coefficient (Wildman–Crippen LogP) is 3.78. The van der Waals surface area contributed by atoms with E-state index in [2.05, 4.69) is 20.9 Å². The molecule has 0 fully saturated rings. The van der Waals surface area contributed by atoms with E-state index in [0.29, 0.717) is 20.7 Å². The molecule has 2 aromatic rings. The van der Waals surface area contributed by atoms with Crippen molar-refractivity contribution in [3.63, 3.8) is 0 Å². The summed E-state index contributed by atoms with van der Waals surface area (Å²) in [5.41, 5.74) is 1.13. The zero-order chi connectivity index (χ0) is 11.5. The molecule has 0 aliphatic rings. The molecule has 1 heterocycles. The number of nitrogens with zero attached hydrogens (tertiary/aromatic N) is 2. The Balaban J connectivity index is 2.47. The molecule has 16 heavy (non-hydrogen) atoms. The van der Waals surface area contributed by atoms with E-state index < -0.39 is 0 Å². The normalized spacial score (nSPS) is 10.1. The summed E-state index contributed by atoms with van der Waals surface area (Å²) in [6.07, 6.45) is 0.253. The summed E-state index contributed by atoms with van der Waals surface area (Å²) in [6.45, 7) is 0. The Labute approximate surface area is 105 Å². The average molecular weight is 297 g/mol. The van der Waals surface area contributed by atoms with E-state index in [1.807, 2.05) is 6.07 Å². The second-order valence-corrected chi connectivity index (χ2v) is 4.79. The highest BCUT2D eigenvalue weighted by Crippen LogP contribution is 2.32. The maximum atomic E-state index is 13.6. The molecule has 0 saturated heterocycles. The van der Waals surface area contributed by atoms with Crippen LogP contribution >= 0.6 is 27.3 Å². The number of thiazole rings is 1. The largest absolute Gasteiger partial charge is 0.240 e. The lowest BCUT2D eigenvalue weighted by atomic mass is 10.2. The molecule has 1 aromatic heterocycles. The number of hydrogen-bond donors (Lipinski definition) is 0. The molecule has 2 rings (SSSR count). The first-order chi connectivity index (χ1) is 7.72. The molecule has 0 spiro atoms. The number of hydrogen-bond acceptors (Lipinski definition) is 3. The van der Waals surface area contributed by atoms with Crippen molar-refractivity contribution in [3.05, 3.63) is 39.6 Å². The second kappa shape index (κ2) is 4.73. The van der Waals surface area contributed by atoms with E-state index in [4.69, 9.17) is 5.26 Å². The lowest BCUT2D eigenvalue weighted by Crippen LogP contribution is -1.86. The third-order valence-electron chi connectivity index (χ3n) is 1.99. The zero-order valence-corrected chi connectivity index (χ0v) is 10.5. The van der Waals surface area contributed by atoms with Crippen molar-refractivity contribution in [2.24, 2.45) is 0 Å². The van der Waals surface area contributed by atoms with Crippen LogP contribution in [0.5, 0.6) is 0 Å². The van der Waals surface area contributed by atoms with Crippen LogP contribution in [0.3, 0.4) is 0 Å². The highest BCUT2D eigenvalue weighted by atomic mass is 79.9. The molecule has 0 bridgehead atoms. The van der Waals surface area contributed by atoms with Crippen molar-refractivity contribution in [1.29, 1.82) is 5.26 Å². The standard InChI is InChI=1S/C11H6BrFN2S/c12-8-2-1-3-9(13)10(8)11-15-7(4-5-14)6-16-11/h1-3,6H,4H2. The first kappa shape index (κ1) is 11.2. The molecule has 0 radical (unpaired) electrons. The molecule has 0 amide bonds. The Morgan fingerprint density at radius 1 is 1.50 bits per heavy atom. The first-order valence-electron chi connectivity index (χ1n) is 4.48. The lowest BCUT2D eigenvalue weighted by Gasteiger charge is -2.01. The molecular weight excluding hydrogens is 291 g/mol. The zero-order valence-electron chi connectivity index (χ0n) is 8.08. The van der Waals surface area contributed by atoms with Gasteiger partial charge in [0.2, 0.25) is 0 Å². The minimum Gasteiger partial charge on any atom is -0.240 e. The van der Waals surface area contributed by atoms with Gasteiger partial charge in [0.05, 0.1) is 23.7 Å². The fourth-order valence-corrected chi connectivity index (χ4v) is 2.83. The van der Waals surface area contributed by atoms with Crippen LogP contribution in [-0.2, 0) is 6.42 Å². The van der Waals surface area contributed by atoms with Gasteiger partial charge in [-0.3, -0.25) is 0 Å². The quantitative estimate of drug-likeness (QED) is 0.846. The minimum atomic E-state index is -0.313. The topological polar surface area (TPSA) is 36.7 Å². The third kappa shape index (κ3) is 2.13. The molecule has 5 heteroatoms. The lowest BCUT2D eigenvalue weighted by molar-refractivity contribution is 0.630. The average Bonchev–Trinajstić information content (AvgIpc) is 2.67. The number of halogens is 2. The summed E-state index contributed by atoms with van der Waals surface area (Å²) < 4.78 is 14.3. The highest BCUT2D eigenvalue weighted by molar-refractivity contribution is 9.10. The number of benzene rings is 1. The summed E-state index contributed by atoms with van der Waals surface area (Å²) >= 11 is 4.63. The predicted molar refractivity (Wildman–Crippen MR) is 64.5 cm³/mol. The first-order valence-corrected chi connectivity index (χ1v) is 6.15. The monoisotopic (exact) mass is 296 g/mol. The molecule has 0 saturated carbocycles. The van der Waals surface area contributed by atoms with E-state index in [1.165, 1.54) is 17.4 Å². The summed E-state index contributed by atoms with van der Waals surface area (Å²) in [4.78, 5) is 4.22. The van der Waals surface area contributed by atoms with Gasteiger partial charge in [0.15, 0.2) is 0 Å². The van der Waals surface area contributed by atoms with Crippen LogP contribution in [0.1, 0.15) is 5.69 Å². The van der Waals surface area contributed by atoms with Crippen molar-refractivity contribution in [1.82, 2.24) is 4.98 Å². The summed E-state index contributed by atoms with van der Waals surface area (Å²) in [5.74, 6) is -0.313. The Morgan fingerprint density at radius 3 is 3.00 bits per heavy atom. The van der Waals surface area contributed by atoms with Gasteiger partial charge in [-0.25, -0.2) is 9.37 Å². The van der Waals surface area contributed by atoms with Gasteiger partial charge >= 0.3 is 0 Å². The van der Waals surface area contributed by atoms with Crippen molar-refractivity contribution in [3.8, 4) is 16.6 Å². The third-order valence-corrected chi connectivity index (χ3v) is 3.56. The van der Waals surface area contributed by atoms with Gasteiger partial charge in [0, 0.05) is 9.85 Å². The van der Waals surface area contributed by atoms with E-state index in [-0.39, 0.29) is 12.2 Å². The van der Waals surface area contributed by atoms with Crippen LogP contribution in [0.15, 0.2) is 28.1 Å². The SMILES string of the molecule is N#CCc1csc(-c2c(F)cccc2Br)n1. The maximum Gasteiger partial charge on any atom is 0.134 e. The van der Waals surface area contributed by atoms with Gasteiger partial charge in [-0.15, -0.1) is 11.3 Å². The van der Waals surface area contributed by atoms with E-state index >= 15 is 0 Å². The molecule has 0 aliphatic carbocycles. The number of nitriles is 1. The van der Waals surface area contributed by atoms with Gasteiger partial charge in [0.1, 0.15) is 10.8 Å². The molecule has 80 valence electrons. The summed E-state index contributed by atoms with van der Waals surface area (Å²) in [5, 5.41) is 10.9. The smallest absolute Gasteiger partial charge is 0.134 e. The van der Waals surface area contributed by atoms with Gasteiger partial charge in [-0.05, 0) is 28.1 Å². The van der Waals surface area contributed by atoms with E-state index in [1.54, 1.807) is 17.5 Å². The van der Waals surface area contributed by atoms with Gasteiger partial charge < -0.3 is 0 Å². The van der Waals surface area contributed by atoms with Crippen molar-refractivity contribution >= 4 is 27.3 Å². The van der Waals surface area contributed by atoms with E-state index in [0.717, 1.165) is 0 Å². The Morgan fingerprint density at radius 2 is 2.31 bits per heavy atom. The molecule has 1 aromatic carbocycles. The van der Waals surface area contributed by atoms with Crippen LogP contribution in [0, 0.1) is 17.1 Å². The van der Waals surface area contributed by atoms with Crippen LogP contribution in [-0.4, -0.2) is 4.98 Å². The maximum absolute atomic E-state index is 13.6. The van der Waals surface area contributed by atoms with Crippen LogP contribution in [0.4, 0.5) is 4.39 Å². The van der Waals surface area contributed by atoms with Crippen molar-refractivity contribution in [2.45, 2.75) is 6.42 Å². The Bertz CT molecular complexity index is 539. The summed E-state index contributed by atoms with van der Waals surface area (Å²) in [6, 6.07) is 6.81. The van der Waals surface area contributed by atoms with E-state index in [9.17, 15) is 4.39 Å². The Kier molecular flexibility index (Phi) is 3.32. The molecule has 0 aliphatic heterocycles. The van der Waals surface area contributed by atoms with Gasteiger partial charge in [-0.1, -0.05) is 6.07 Å². The van der Waals surface area contributed by atoms with Crippen molar-refractivity contribution < 1.29 is 4.39 Å². The van der Waals surface area contributed by atoms with Crippen LogP contribution in [0.2, 0.25) is 0 Å². The molecular formula is C11H6BrFN2S.